The van der Waals surface area contributed by atoms with Crippen molar-refractivity contribution in [1.29, 1.82) is 0 Å². The highest BCUT2D eigenvalue weighted by Crippen LogP contribution is 2.13. The van der Waals surface area contributed by atoms with Crippen molar-refractivity contribution < 1.29 is 22.8 Å². The molecule has 0 aromatic carbocycles. The summed E-state index contributed by atoms with van der Waals surface area (Å²) in [5.41, 5.74) is 2.61. The normalized spacial score (nSPS) is 11.4. The molecule has 5 nitrogen and oxygen atoms in total. The van der Waals surface area contributed by atoms with Crippen LogP contribution in [0.15, 0.2) is 6.07 Å². The fraction of sp³-hybridized carbons (Fsp3) is 0.444. The molecule has 1 aromatic heterocycles. The van der Waals surface area contributed by atoms with Crippen LogP contribution in [0.3, 0.4) is 0 Å². The molecule has 0 fully saturated rings. The number of rotatable bonds is 3. The molecule has 1 rings (SSSR count). The second kappa shape index (κ2) is 5.09. The number of nitrogens with zero attached hydrogens (tertiary/aromatic N) is 2. The molecule has 1 heterocycles. The van der Waals surface area contributed by atoms with Crippen molar-refractivity contribution in [3.63, 3.8) is 0 Å². The molecule has 1 amide bonds. The Hall–Kier alpha value is -1.70. The van der Waals surface area contributed by atoms with Crippen molar-refractivity contribution in [3.05, 3.63) is 23.0 Å². The van der Waals surface area contributed by atoms with Crippen LogP contribution in [0.25, 0.3) is 0 Å². The minimum Gasteiger partial charge on any atom is -0.267 e. The van der Waals surface area contributed by atoms with Gasteiger partial charge in [0.25, 0.3) is 5.91 Å². The standard InChI is InChI=1S/C9H10F3N3O2/c1-5-3-7(6(2)14-13-5)8(16)15-17-4-9(10,11)12/h3H,4H2,1-2H3,(H,15,16). The molecule has 0 saturated heterocycles. The molecule has 0 aliphatic carbocycles. The van der Waals surface area contributed by atoms with Crippen molar-refractivity contribution in [2.75, 3.05) is 6.61 Å². The van der Waals surface area contributed by atoms with Gasteiger partial charge < -0.3 is 0 Å². The lowest BCUT2D eigenvalue weighted by Crippen LogP contribution is -2.30. The Bertz CT molecular complexity index is 420. The number of carbonyl (C=O) groups excluding carboxylic acids is 1. The first kappa shape index (κ1) is 13.4. The van der Waals surface area contributed by atoms with E-state index in [-0.39, 0.29) is 5.56 Å². The van der Waals surface area contributed by atoms with Gasteiger partial charge in [-0.05, 0) is 19.9 Å². The van der Waals surface area contributed by atoms with Gasteiger partial charge >= 0.3 is 6.18 Å². The van der Waals surface area contributed by atoms with Gasteiger partial charge in [-0.3, -0.25) is 9.63 Å². The third-order valence-electron chi connectivity index (χ3n) is 1.75. The zero-order chi connectivity index (χ0) is 13.1. The minimum absolute atomic E-state index is 0.125. The summed E-state index contributed by atoms with van der Waals surface area (Å²) in [4.78, 5) is 15.5. The van der Waals surface area contributed by atoms with E-state index >= 15 is 0 Å². The summed E-state index contributed by atoms with van der Waals surface area (Å²) in [5.74, 6) is -0.787. The van der Waals surface area contributed by atoms with Crippen molar-refractivity contribution in [2.45, 2.75) is 20.0 Å². The zero-order valence-corrected chi connectivity index (χ0v) is 9.13. The molecule has 94 valence electrons. The van der Waals surface area contributed by atoms with Crippen LogP contribution in [-0.4, -0.2) is 28.9 Å². The zero-order valence-electron chi connectivity index (χ0n) is 9.13. The van der Waals surface area contributed by atoms with Crippen LogP contribution in [0.5, 0.6) is 0 Å². The topological polar surface area (TPSA) is 64.1 Å². The Labute approximate surface area is 94.9 Å². The number of halogens is 3. The van der Waals surface area contributed by atoms with E-state index in [0.29, 0.717) is 11.4 Å². The van der Waals surface area contributed by atoms with Crippen LogP contribution >= 0.6 is 0 Å². The maximum atomic E-state index is 11.8. The number of aryl methyl sites for hydroxylation is 2. The third kappa shape index (κ3) is 4.35. The Kier molecular flexibility index (Phi) is 4.00. The monoisotopic (exact) mass is 249 g/mol. The quantitative estimate of drug-likeness (QED) is 0.820. The Morgan fingerprint density at radius 1 is 1.41 bits per heavy atom. The fourth-order valence-corrected chi connectivity index (χ4v) is 1.02. The molecule has 0 spiro atoms. The van der Waals surface area contributed by atoms with Crippen molar-refractivity contribution in [1.82, 2.24) is 15.7 Å². The van der Waals surface area contributed by atoms with Crippen LogP contribution in [0, 0.1) is 13.8 Å². The molecular formula is C9H10F3N3O2. The van der Waals surface area contributed by atoms with Crippen LogP contribution in [-0.2, 0) is 4.84 Å². The number of aromatic nitrogens is 2. The average Bonchev–Trinajstić information content (AvgIpc) is 2.19. The van der Waals surface area contributed by atoms with E-state index in [1.54, 1.807) is 12.4 Å². The van der Waals surface area contributed by atoms with Crippen LogP contribution in [0.2, 0.25) is 0 Å². The molecule has 0 saturated carbocycles. The first-order chi connectivity index (χ1) is 7.79. The number of nitrogens with one attached hydrogen (secondary N) is 1. The van der Waals surface area contributed by atoms with Gasteiger partial charge in [0.1, 0.15) is 0 Å². The first-order valence-corrected chi connectivity index (χ1v) is 4.59. The number of hydrogen-bond donors (Lipinski definition) is 1. The van der Waals surface area contributed by atoms with Gasteiger partial charge in [0.15, 0.2) is 6.61 Å². The molecule has 0 radical (unpaired) electrons. The van der Waals surface area contributed by atoms with Gasteiger partial charge in [-0.2, -0.15) is 23.4 Å². The summed E-state index contributed by atoms with van der Waals surface area (Å²) < 4.78 is 35.3. The molecule has 8 heteroatoms. The number of carbonyl (C=O) groups is 1. The Morgan fingerprint density at radius 2 is 2.06 bits per heavy atom. The fourth-order valence-electron chi connectivity index (χ4n) is 1.02. The molecule has 0 aliphatic rings. The third-order valence-corrected chi connectivity index (χ3v) is 1.75. The maximum absolute atomic E-state index is 11.8. The predicted molar refractivity (Wildman–Crippen MR) is 51.0 cm³/mol. The average molecular weight is 249 g/mol. The van der Waals surface area contributed by atoms with E-state index in [4.69, 9.17) is 0 Å². The summed E-state index contributed by atoms with van der Waals surface area (Å²) in [6.45, 7) is 1.58. The second-order valence-corrected chi connectivity index (χ2v) is 3.32. The van der Waals surface area contributed by atoms with Gasteiger partial charge in [0.2, 0.25) is 0 Å². The lowest BCUT2D eigenvalue weighted by molar-refractivity contribution is -0.184. The van der Waals surface area contributed by atoms with Gasteiger partial charge in [0.05, 0.1) is 17.0 Å². The predicted octanol–water partition coefficient (Wildman–Crippen LogP) is 1.32. The van der Waals surface area contributed by atoms with E-state index < -0.39 is 18.7 Å². The van der Waals surface area contributed by atoms with Gasteiger partial charge in [-0.15, -0.1) is 0 Å². The SMILES string of the molecule is Cc1cc(C(=O)NOCC(F)(F)F)c(C)nn1. The Morgan fingerprint density at radius 3 is 2.65 bits per heavy atom. The molecule has 1 N–H and O–H groups in total. The number of hydroxylamine groups is 1. The van der Waals surface area contributed by atoms with Gasteiger partial charge in [-0.25, -0.2) is 5.48 Å². The second-order valence-electron chi connectivity index (χ2n) is 3.32. The summed E-state index contributed by atoms with van der Waals surface area (Å²) in [5, 5.41) is 7.36. The van der Waals surface area contributed by atoms with E-state index in [1.165, 1.54) is 13.0 Å². The van der Waals surface area contributed by atoms with E-state index in [1.807, 2.05) is 0 Å². The highest BCUT2D eigenvalue weighted by molar-refractivity contribution is 5.94. The highest BCUT2D eigenvalue weighted by atomic mass is 19.4. The van der Waals surface area contributed by atoms with Crippen molar-refractivity contribution in [2.24, 2.45) is 0 Å². The summed E-state index contributed by atoms with van der Waals surface area (Å²) in [7, 11) is 0. The Balaban J connectivity index is 2.61. The molecule has 0 unspecified atom stereocenters. The van der Waals surface area contributed by atoms with Crippen LogP contribution < -0.4 is 5.48 Å². The van der Waals surface area contributed by atoms with E-state index in [2.05, 4.69) is 15.0 Å². The lowest BCUT2D eigenvalue weighted by atomic mass is 10.2. The smallest absolute Gasteiger partial charge is 0.267 e. The highest BCUT2D eigenvalue weighted by Gasteiger charge is 2.28. The van der Waals surface area contributed by atoms with Gasteiger partial charge in [0, 0.05) is 0 Å². The minimum atomic E-state index is -4.49. The largest absolute Gasteiger partial charge is 0.414 e. The molecule has 0 aliphatic heterocycles. The summed E-state index contributed by atoms with van der Waals surface area (Å²) in [6, 6.07) is 1.41. The van der Waals surface area contributed by atoms with Crippen LogP contribution in [0.1, 0.15) is 21.7 Å². The first-order valence-electron chi connectivity index (χ1n) is 4.59. The number of alkyl halides is 3. The molecule has 1 aromatic rings. The lowest BCUT2D eigenvalue weighted by Gasteiger charge is -2.09. The maximum Gasteiger partial charge on any atom is 0.414 e. The molecular weight excluding hydrogens is 239 g/mol. The molecule has 17 heavy (non-hydrogen) atoms. The molecule has 0 atom stereocenters. The van der Waals surface area contributed by atoms with Crippen LogP contribution in [0.4, 0.5) is 13.2 Å². The van der Waals surface area contributed by atoms with Crippen molar-refractivity contribution >= 4 is 5.91 Å². The van der Waals surface area contributed by atoms with E-state index in [0.717, 1.165) is 0 Å². The van der Waals surface area contributed by atoms with Gasteiger partial charge in [-0.1, -0.05) is 0 Å². The summed E-state index contributed by atoms with van der Waals surface area (Å²) in [6.07, 6.45) is -4.49. The number of hydrogen-bond acceptors (Lipinski definition) is 4. The molecule has 0 bridgehead atoms. The number of amides is 1. The summed E-state index contributed by atoms with van der Waals surface area (Å²) >= 11 is 0. The van der Waals surface area contributed by atoms with Crippen molar-refractivity contribution in [3.8, 4) is 0 Å². The van der Waals surface area contributed by atoms with E-state index in [9.17, 15) is 18.0 Å².